The quantitative estimate of drug-likeness (QED) is 0.577. The van der Waals surface area contributed by atoms with E-state index in [0.717, 1.165) is 4.31 Å². The Morgan fingerprint density at radius 1 is 1.03 bits per heavy atom. The first-order valence-corrected chi connectivity index (χ1v) is 11.7. The van der Waals surface area contributed by atoms with Gasteiger partial charge in [0.1, 0.15) is 10.7 Å². The number of amides is 3. The van der Waals surface area contributed by atoms with Gasteiger partial charge in [0, 0.05) is 11.6 Å². The van der Waals surface area contributed by atoms with Crippen LogP contribution >= 0.6 is 0 Å². The molecule has 168 valence electrons. The zero-order chi connectivity index (χ0) is 23.2. The molecule has 0 bridgehead atoms. The van der Waals surface area contributed by atoms with Crippen LogP contribution in [-0.4, -0.2) is 36.5 Å². The minimum absolute atomic E-state index is 0.0635. The third-order valence-electron chi connectivity index (χ3n) is 5.51. The van der Waals surface area contributed by atoms with Crippen molar-refractivity contribution in [2.75, 3.05) is 5.32 Å². The number of carbonyl (C=O) groups excluding carboxylic acids is 3. The molecule has 5 rings (SSSR count). The van der Waals surface area contributed by atoms with Crippen molar-refractivity contribution in [2.45, 2.75) is 30.3 Å². The lowest BCUT2D eigenvalue weighted by Gasteiger charge is -2.13. The molecule has 1 saturated carbocycles. The fourth-order valence-corrected chi connectivity index (χ4v) is 5.56. The van der Waals surface area contributed by atoms with E-state index in [1.165, 1.54) is 24.5 Å². The summed E-state index contributed by atoms with van der Waals surface area (Å²) in [5.74, 6) is -0.988. The van der Waals surface area contributed by atoms with Crippen LogP contribution in [0.4, 0.5) is 5.69 Å². The van der Waals surface area contributed by atoms with Crippen molar-refractivity contribution in [3.63, 3.8) is 0 Å². The second-order valence-corrected chi connectivity index (χ2v) is 9.59. The van der Waals surface area contributed by atoms with Crippen LogP contribution in [0.2, 0.25) is 0 Å². The van der Waals surface area contributed by atoms with Crippen LogP contribution in [0.1, 0.15) is 49.7 Å². The molecular weight excluding hydrogens is 446 g/mol. The third kappa shape index (κ3) is 3.78. The minimum Gasteiger partial charge on any atom is -0.467 e. The summed E-state index contributed by atoms with van der Waals surface area (Å²) < 4.78 is 31.8. The van der Waals surface area contributed by atoms with Gasteiger partial charge in [0.15, 0.2) is 0 Å². The van der Waals surface area contributed by atoms with E-state index in [1.54, 1.807) is 36.4 Å². The van der Waals surface area contributed by atoms with Crippen molar-refractivity contribution < 1.29 is 27.2 Å². The molecule has 2 aliphatic rings. The smallest absolute Gasteiger partial charge is 0.269 e. The third-order valence-corrected chi connectivity index (χ3v) is 7.39. The maximum absolute atomic E-state index is 12.9. The van der Waals surface area contributed by atoms with Crippen LogP contribution in [-0.2, 0) is 16.6 Å². The number of sulfonamides is 1. The van der Waals surface area contributed by atoms with E-state index in [9.17, 15) is 22.8 Å². The summed E-state index contributed by atoms with van der Waals surface area (Å²) in [6.45, 7) is 0.183. The van der Waals surface area contributed by atoms with Crippen molar-refractivity contribution in [3.8, 4) is 0 Å². The molecule has 0 spiro atoms. The lowest BCUT2D eigenvalue weighted by Crippen LogP contribution is -2.31. The lowest BCUT2D eigenvalue weighted by molar-refractivity contribution is 0.0863. The number of anilines is 1. The van der Waals surface area contributed by atoms with Gasteiger partial charge in [-0.25, -0.2) is 12.7 Å². The number of rotatable bonds is 6. The predicted molar refractivity (Wildman–Crippen MR) is 117 cm³/mol. The molecule has 3 amide bonds. The van der Waals surface area contributed by atoms with Crippen LogP contribution in [0.15, 0.2) is 70.2 Å². The summed E-state index contributed by atoms with van der Waals surface area (Å²) in [7, 11) is -3.98. The van der Waals surface area contributed by atoms with Crippen molar-refractivity contribution in [3.05, 3.63) is 83.3 Å². The van der Waals surface area contributed by atoms with Crippen LogP contribution < -0.4 is 10.6 Å². The van der Waals surface area contributed by atoms with E-state index < -0.39 is 27.7 Å². The number of benzene rings is 2. The van der Waals surface area contributed by atoms with Gasteiger partial charge in [0.25, 0.3) is 27.7 Å². The molecule has 1 aliphatic heterocycles. The van der Waals surface area contributed by atoms with Crippen molar-refractivity contribution in [1.29, 1.82) is 0 Å². The zero-order valence-corrected chi connectivity index (χ0v) is 18.1. The van der Waals surface area contributed by atoms with Crippen LogP contribution in [0.3, 0.4) is 0 Å². The number of hydrogen-bond donors (Lipinski definition) is 2. The number of nitrogens with one attached hydrogen (secondary N) is 2. The van der Waals surface area contributed by atoms with E-state index in [-0.39, 0.29) is 39.9 Å². The second kappa shape index (κ2) is 7.89. The molecule has 0 saturated heterocycles. The number of carbonyl (C=O) groups is 3. The summed E-state index contributed by atoms with van der Waals surface area (Å²) in [5.41, 5.74) is 0.629. The molecular formula is C23H19N3O6S. The van der Waals surface area contributed by atoms with Crippen LogP contribution in [0.25, 0.3) is 0 Å². The molecule has 33 heavy (non-hydrogen) atoms. The molecule has 1 aliphatic carbocycles. The maximum Gasteiger partial charge on any atom is 0.269 e. The zero-order valence-electron chi connectivity index (χ0n) is 17.3. The van der Waals surface area contributed by atoms with E-state index in [4.69, 9.17) is 4.42 Å². The highest BCUT2D eigenvalue weighted by molar-refractivity contribution is 7.90. The van der Waals surface area contributed by atoms with Crippen molar-refractivity contribution in [2.24, 2.45) is 0 Å². The molecule has 0 unspecified atom stereocenters. The van der Waals surface area contributed by atoms with E-state index in [0.29, 0.717) is 18.6 Å². The van der Waals surface area contributed by atoms with E-state index >= 15 is 0 Å². The molecule has 0 radical (unpaired) electrons. The normalized spacial score (nSPS) is 16.4. The molecule has 0 atom stereocenters. The van der Waals surface area contributed by atoms with Gasteiger partial charge in [-0.05, 0) is 55.3 Å². The summed E-state index contributed by atoms with van der Waals surface area (Å²) in [5, 5.41) is 5.38. The summed E-state index contributed by atoms with van der Waals surface area (Å²) in [4.78, 5) is 37.9. The standard InChI is InChI=1S/C23H19N3O6S/c27-21(14-7-10-18-20(12-14)33(30,31)26(23(18)29)15-8-9-15)25-19-6-2-1-5-17(19)22(28)24-13-16-4-3-11-32-16/h1-7,10-12,15H,8-9,13H2,(H,24,28)(H,25,27). The monoisotopic (exact) mass is 465 g/mol. The molecule has 9 nitrogen and oxygen atoms in total. The fraction of sp³-hybridized carbons (Fsp3) is 0.174. The summed E-state index contributed by atoms with van der Waals surface area (Å²) in [6, 6.07) is 13.6. The van der Waals surface area contributed by atoms with E-state index in [2.05, 4.69) is 10.6 Å². The Morgan fingerprint density at radius 2 is 1.82 bits per heavy atom. The maximum atomic E-state index is 12.9. The summed E-state index contributed by atoms with van der Waals surface area (Å²) >= 11 is 0. The van der Waals surface area contributed by atoms with Crippen molar-refractivity contribution in [1.82, 2.24) is 9.62 Å². The largest absolute Gasteiger partial charge is 0.467 e. The molecule has 2 heterocycles. The van der Waals surface area contributed by atoms with Crippen molar-refractivity contribution >= 4 is 33.4 Å². The fourth-order valence-electron chi connectivity index (χ4n) is 3.72. The number of fused-ring (bicyclic) bond motifs is 1. The Hall–Kier alpha value is -3.92. The van der Waals surface area contributed by atoms with Gasteiger partial charge >= 0.3 is 0 Å². The topological polar surface area (TPSA) is 126 Å². The molecule has 3 aromatic rings. The first-order valence-electron chi connectivity index (χ1n) is 10.3. The van der Waals surface area contributed by atoms with Crippen LogP contribution in [0, 0.1) is 0 Å². The summed E-state index contributed by atoms with van der Waals surface area (Å²) in [6.07, 6.45) is 2.79. The number of nitrogens with zero attached hydrogens (tertiary/aromatic N) is 1. The highest BCUT2D eigenvalue weighted by atomic mass is 32.2. The van der Waals surface area contributed by atoms with Gasteiger partial charge in [0.05, 0.1) is 29.6 Å². The SMILES string of the molecule is O=C(Nc1ccccc1C(=O)NCc1ccco1)c1ccc2c(c1)S(=O)(=O)N(C1CC1)C2=O. The number of furan rings is 1. The second-order valence-electron chi connectivity index (χ2n) is 7.81. The first kappa shape index (κ1) is 21.0. The average Bonchev–Trinajstić information content (AvgIpc) is 3.44. The molecule has 2 N–H and O–H groups in total. The van der Waals surface area contributed by atoms with E-state index in [1.807, 2.05) is 0 Å². The highest BCUT2D eigenvalue weighted by Crippen LogP contribution is 2.39. The Kier molecular flexibility index (Phi) is 5.01. The Balaban J connectivity index is 1.37. The van der Waals surface area contributed by atoms with Crippen LogP contribution in [0.5, 0.6) is 0 Å². The van der Waals surface area contributed by atoms with Gasteiger partial charge in [-0.1, -0.05) is 12.1 Å². The van der Waals surface area contributed by atoms with Gasteiger partial charge in [-0.15, -0.1) is 0 Å². The number of hydrogen-bond acceptors (Lipinski definition) is 6. The van der Waals surface area contributed by atoms with Gasteiger partial charge < -0.3 is 15.1 Å². The first-order chi connectivity index (χ1) is 15.9. The van der Waals surface area contributed by atoms with Gasteiger partial charge in [-0.2, -0.15) is 0 Å². The molecule has 1 fully saturated rings. The lowest BCUT2D eigenvalue weighted by atomic mass is 10.1. The average molecular weight is 465 g/mol. The Labute approximate surface area is 189 Å². The minimum atomic E-state index is -3.98. The van der Waals surface area contributed by atoms with Gasteiger partial charge in [0.2, 0.25) is 0 Å². The Bertz CT molecular complexity index is 1380. The van der Waals surface area contributed by atoms with Gasteiger partial charge in [-0.3, -0.25) is 14.4 Å². The Morgan fingerprint density at radius 3 is 2.55 bits per heavy atom. The highest BCUT2D eigenvalue weighted by Gasteiger charge is 2.48. The predicted octanol–water partition coefficient (Wildman–Crippen LogP) is 2.77. The molecule has 10 heteroatoms. The number of para-hydroxylation sites is 1. The molecule has 2 aromatic carbocycles. The molecule has 1 aromatic heterocycles.